The summed E-state index contributed by atoms with van der Waals surface area (Å²) in [4.78, 5) is 10.9. The SMILES string of the molecule is CCCCCC1(CN)CC1C(N)=O. The summed E-state index contributed by atoms with van der Waals surface area (Å²) in [5.41, 5.74) is 11.0. The normalized spacial score (nSPS) is 31.7. The van der Waals surface area contributed by atoms with Gasteiger partial charge in [-0.25, -0.2) is 0 Å². The zero-order chi connectivity index (χ0) is 9.90. The van der Waals surface area contributed by atoms with Crippen molar-refractivity contribution >= 4 is 5.91 Å². The van der Waals surface area contributed by atoms with E-state index in [-0.39, 0.29) is 17.2 Å². The molecule has 4 N–H and O–H groups in total. The number of carbonyl (C=O) groups excluding carboxylic acids is 1. The lowest BCUT2D eigenvalue weighted by Gasteiger charge is -2.12. The largest absolute Gasteiger partial charge is 0.369 e. The smallest absolute Gasteiger partial charge is 0.221 e. The van der Waals surface area contributed by atoms with Crippen LogP contribution in [0.3, 0.4) is 0 Å². The van der Waals surface area contributed by atoms with Crippen molar-refractivity contribution in [3.05, 3.63) is 0 Å². The highest BCUT2D eigenvalue weighted by Crippen LogP contribution is 2.55. The molecule has 1 amide bonds. The molecule has 76 valence electrons. The molecule has 1 saturated carbocycles. The lowest BCUT2D eigenvalue weighted by Crippen LogP contribution is -2.24. The Labute approximate surface area is 79.9 Å². The Hall–Kier alpha value is -0.570. The molecule has 1 aliphatic carbocycles. The van der Waals surface area contributed by atoms with Crippen LogP contribution in [0.25, 0.3) is 0 Å². The van der Waals surface area contributed by atoms with Gasteiger partial charge in [0.05, 0.1) is 0 Å². The van der Waals surface area contributed by atoms with Gasteiger partial charge in [-0.2, -0.15) is 0 Å². The standard InChI is InChI=1S/C10H20N2O/c1-2-3-4-5-10(7-11)6-8(10)9(12)13/h8H,2-7,11H2,1H3,(H2,12,13). The molecule has 1 rings (SSSR count). The number of primary amides is 1. The summed E-state index contributed by atoms with van der Waals surface area (Å²) in [5, 5.41) is 0. The summed E-state index contributed by atoms with van der Waals surface area (Å²) in [5.74, 6) is -0.101. The lowest BCUT2D eigenvalue weighted by atomic mass is 9.95. The maximum Gasteiger partial charge on any atom is 0.221 e. The van der Waals surface area contributed by atoms with Crippen molar-refractivity contribution in [3.63, 3.8) is 0 Å². The number of carbonyl (C=O) groups is 1. The second-order valence-electron chi connectivity index (χ2n) is 4.18. The third-order valence-corrected chi connectivity index (χ3v) is 3.22. The Morgan fingerprint density at radius 1 is 1.54 bits per heavy atom. The van der Waals surface area contributed by atoms with Gasteiger partial charge in [-0.05, 0) is 24.8 Å². The van der Waals surface area contributed by atoms with E-state index in [2.05, 4.69) is 6.92 Å². The monoisotopic (exact) mass is 184 g/mol. The molecular weight excluding hydrogens is 164 g/mol. The van der Waals surface area contributed by atoms with E-state index in [0.717, 1.165) is 12.8 Å². The molecule has 0 aromatic heterocycles. The highest BCUT2D eigenvalue weighted by Gasteiger charge is 2.55. The summed E-state index contributed by atoms with van der Waals surface area (Å²) in [6.45, 7) is 2.79. The first-order valence-corrected chi connectivity index (χ1v) is 5.15. The average molecular weight is 184 g/mol. The maximum absolute atomic E-state index is 10.9. The fourth-order valence-electron chi connectivity index (χ4n) is 2.08. The van der Waals surface area contributed by atoms with Crippen LogP contribution in [0.15, 0.2) is 0 Å². The minimum absolute atomic E-state index is 0.0642. The van der Waals surface area contributed by atoms with Crippen LogP contribution < -0.4 is 11.5 Å². The highest BCUT2D eigenvalue weighted by molar-refractivity contribution is 5.80. The summed E-state index contributed by atoms with van der Waals surface area (Å²) in [6, 6.07) is 0. The summed E-state index contributed by atoms with van der Waals surface area (Å²) in [6.07, 6.45) is 5.61. The van der Waals surface area contributed by atoms with Crippen LogP contribution in [0, 0.1) is 11.3 Å². The van der Waals surface area contributed by atoms with Gasteiger partial charge in [-0.15, -0.1) is 0 Å². The second-order valence-corrected chi connectivity index (χ2v) is 4.18. The predicted molar refractivity (Wildman–Crippen MR) is 52.9 cm³/mol. The Morgan fingerprint density at radius 2 is 2.23 bits per heavy atom. The van der Waals surface area contributed by atoms with Gasteiger partial charge in [0.25, 0.3) is 0 Å². The molecule has 0 aromatic carbocycles. The maximum atomic E-state index is 10.9. The molecule has 0 spiro atoms. The van der Waals surface area contributed by atoms with E-state index in [1.54, 1.807) is 0 Å². The minimum atomic E-state index is -0.165. The summed E-state index contributed by atoms with van der Waals surface area (Å²) < 4.78 is 0. The van der Waals surface area contributed by atoms with Crippen LogP contribution in [-0.2, 0) is 4.79 Å². The zero-order valence-electron chi connectivity index (χ0n) is 8.38. The first-order chi connectivity index (χ1) is 6.16. The van der Waals surface area contributed by atoms with Crippen LogP contribution >= 0.6 is 0 Å². The number of hydrogen-bond acceptors (Lipinski definition) is 2. The third-order valence-electron chi connectivity index (χ3n) is 3.22. The Bertz CT molecular complexity index is 193. The lowest BCUT2D eigenvalue weighted by molar-refractivity contribution is -0.120. The number of unbranched alkanes of at least 4 members (excludes halogenated alkanes) is 2. The molecule has 2 unspecified atom stereocenters. The molecule has 0 aromatic rings. The van der Waals surface area contributed by atoms with Crippen molar-refractivity contribution in [2.24, 2.45) is 22.8 Å². The predicted octanol–water partition coefficient (Wildman–Crippen LogP) is 1.02. The van der Waals surface area contributed by atoms with Crippen molar-refractivity contribution < 1.29 is 4.79 Å². The number of rotatable bonds is 6. The first kappa shape index (κ1) is 10.5. The molecule has 2 atom stereocenters. The van der Waals surface area contributed by atoms with Gasteiger partial charge in [0.2, 0.25) is 5.91 Å². The van der Waals surface area contributed by atoms with Gasteiger partial charge in [0, 0.05) is 5.92 Å². The van der Waals surface area contributed by atoms with Crippen LogP contribution in [0.4, 0.5) is 0 Å². The van der Waals surface area contributed by atoms with E-state index < -0.39 is 0 Å². The quantitative estimate of drug-likeness (QED) is 0.605. The molecule has 3 nitrogen and oxygen atoms in total. The van der Waals surface area contributed by atoms with E-state index >= 15 is 0 Å². The van der Waals surface area contributed by atoms with Crippen molar-refractivity contribution in [2.45, 2.75) is 39.0 Å². The van der Waals surface area contributed by atoms with Crippen LogP contribution in [0.2, 0.25) is 0 Å². The Balaban J connectivity index is 2.33. The molecular formula is C10H20N2O. The van der Waals surface area contributed by atoms with Gasteiger partial charge in [-0.3, -0.25) is 4.79 Å². The molecule has 0 aliphatic heterocycles. The highest BCUT2D eigenvalue weighted by atomic mass is 16.1. The van der Waals surface area contributed by atoms with Crippen molar-refractivity contribution in [1.82, 2.24) is 0 Å². The van der Waals surface area contributed by atoms with Crippen molar-refractivity contribution in [1.29, 1.82) is 0 Å². The second kappa shape index (κ2) is 4.09. The van der Waals surface area contributed by atoms with E-state index in [9.17, 15) is 4.79 Å². The topological polar surface area (TPSA) is 69.1 Å². The van der Waals surface area contributed by atoms with Crippen molar-refractivity contribution in [3.8, 4) is 0 Å². The summed E-state index contributed by atoms with van der Waals surface area (Å²) >= 11 is 0. The Morgan fingerprint density at radius 3 is 2.62 bits per heavy atom. The van der Waals surface area contributed by atoms with E-state index in [1.807, 2.05) is 0 Å². The molecule has 1 fully saturated rings. The van der Waals surface area contributed by atoms with Gasteiger partial charge in [0.15, 0.2) is 0 Å². The van der Waals surface area contributed by atoms with Crippen molar-refractivity contribution in [2.75, 3.05) is 6.54 Å². The third kappa shape index (κ3) is 2.21. The molecule has 0 saturated heterocycles. The van der Waals surface area contributed by atoms with E-state index in [4.69, 9.17) is 11.5 Å². The molecule has 0 bridgehead atoms. The van der Waals surface area contributed by atoms with Crippen LogP contribution in [0.5, 0.6) is 0 Å². The first-order valence-electron chi connectivity index (χ1n) is 5.15. The molecule has 0 radical (unpaired) electrons. The molecule has 13 heavy (non-hydrogen) atoms. The van der Waals surface area contributed by atoms with E-state index in [1.165, 1.54) is 19.3 Å². The average Bonchev–Trinajstić information content (AvgIpc) is 2.81. The van der Waals surface area contributed by atoms with E-state index in [0.29, 0.717) is 6.54 Å². The summed E-state index contributed by atoms with van der Waals surface area (Å²) in [7, 11) is 0. The molecule has 3 heteroatoms. The van der Waals surface area contributed by atoms with Gasteiger partial charge >= 0.3 is 0 Å². The fraction of sp³-hybridized carbons (Fsp3) is 0.900. The van der Waals surface area contributed by atoms with Crippen LogP contribution in [-0.4, -0.2) is 12.5 Å². The van der Waals surface area contributed by atoms with Gasteiger partial charge in [-0.1, -0.05) is 26.2 Å². The number of nitrogens with two attached hydrogens (primary N) is 2. The fourth-order valence-corrected chi connectivity index (χ4v) is 2.08. The van der Waals surface area contributed by atoms with Gasteiger partial charge < -0.3 is 11.5 Å². The number of amides is 1. The van der Waals surface area contributed by atoms with Crippen LogP contribution in [0.1, 0.15) is 39.0 Å². The van der Waals surface area contributed by atoms with Gasteiger partial charge in [0.1, 0.15) is 0 Å². The Kier molecular flexibility index (Phi) is 3.31. The molecule has 1 aliphatic rings. The zero-order valence-corrected chi connectivity index (χ0v) is 8.38. The molecule has 0 heterocycles. The number of hydrogen-bond donors (Lipinski definition) is 2. The minimum Gasteiger partial charge on any atom is -0.369 e.